The molecule has 0 spiro atoms. The molecule has 2 aromatic carbocycles. The first-order valence-electron chi connectivity index (χ1n) is 7.58. The zero-order chi connectivity index (χ0) is 17.4. The van der Waals surface area contributed by atoms with E-state index >= 15 is 0 Å². The van der Waals surface area contributed by atoms with Gasteiger partial charge in [-0.1, -0.05) is 24.3 Å². The zero-order valence-corrected chi connectivity index (χ0v) is 16.6. The average molecular weight is 454 g/mol. The number of halogens is 1. The average Bonchev–Trinajstić information content (AvgIpc) is 2.62. The van der Waals surface area contributed by atoms with Crippen molar-refractivity contribution in [3.8, 4) is 5.75 Å². The lowest BCUT2D eigenvalue weighted by molar-refractivity contribution is 0.1000. The number of primary amides is 1. The molecule has 0 aliphatic heterocycles. The van der Waals surface area contributed by atoms with Gasteiger partial charge in [-0.25, -0.2) is 0 Å². The number of hydrogen-bond acceptors (Lipinski definition) is 3. The lowest BCUT2D eigenvalue weighted by Gasteiger charge is -2.12. The monoisotopic (exact) mass is 454 g/mol. The van der Waals surface area contributed by atoms with Crippen molar-refractivity contribution in [3.63, 3.8) is 0 Å². The number of carbonyl (C=O) groups excluding carboxylic acids is 1. The number of rotatable bonds is 6. The molecule has 134 valence electrons. The van der Waals surface area contributed by atoms with Gasteiger partial charge in [-0.05, 0) is 35.4 Å². The Hall–Kier alpha value is -2.29. The number of amides is 1. The number of nitrogens with zero attached hydrogens (tertiary/aromatic N) is 1. The molecule has 7 heteroatoms. The van der Waals surface area contributed by atoms with Gasteiger partial charge in [0.15, 0.2) is 5.96 Å². The quantitative estimate of drug-likeness (QED) is 0.355. The summed E-state index contributed by atoms with van der Waals surface area (Å²) >= 11 is 0. The van der Waals surface area contributed by atoms with Gasteiger partial charge in [0.2, 0.25) is 5.91 Å². The topological polar surface area (TPSA) is 88.7 Å². The Morgan fingerprint density at radius 1 is 1.08 bits per heavy atom. The molecule has 0 saturated carbocycles. The van der Waals surface area contributed by atoms with Gasteiger partial charge in [0.25, 0.3) is 0 Å². The van der Waals surface area contributed by atoms with Gasteiger partial charge < -0.3 is 21.1 Å². The molecule has 0 aromatic heterocycles. The van der Waals surface area contributed by atoms with Crippen molar-refractivity contribution in [3.05, 3.63) is 65.2 Å². The lowest BCUT2D eigenvalue weighted by Crippen LogP contribution is -2.36. The van der Waals surface area contributed by atoms with Crippen LogP contribution in [-0.4, -0.2) is 26.0 Å². The number of nitrogens with one attached hydrogen (secondary N) is 2. The molecule has 0 aliphatic rings. The minimum atomic E-state index is -0.432. The summed E-state index contributed by atoms with van der Waals surface area (Å²) < 4.78 is 5.14. The van der Waals surface area contributed by atoms with Crippen molar-refractivity contribution in [2.75, 3.05) is 14.2 Å². The van der Waals surface area contributed by atoms with Crippen molar-refractivity contribution < 1.29 is 9.53 Å². The van der Waals surface area contributed by atoms with Crippen molar-refractivity contribution >= 4 is 35.8 Å². The third kappa shape index (κ3) is 6.61. The van der Waals surface area contributed by atoms with Crippen LogP contribution >= 0.6 is 24.0 Å². The second-order valence-electron chi connectivity index (χ2n) is 5.19. The molecule has 0 fully saturated rings. The highest BCUT2D eigenvalue weighted by molar-refractivity contribution is 14.0. The minimum absolute atomic E-state index is 0. The minimum Gasteiger partial charge on any atom is -0.497 e. The molecule has 0 heterocycles. The van der Waals surface area contributed by atoms with Gasteiger partial charge in [-0.3, -0.25) is 9.79 Å². The highest BCUT2D eigenvalue weighted by Gasteiger charge is 2.03. The first kappa shape index (κ1) is 20.8. The summed E-state index contributed by atoms with van der Waals surface area (Å²) in [5, 5.41) is 6.44. The van der Waals surface area contributed by atoms with Crippen molar-refractivity contribution in [2.24, 2.45) is 10.7 Å². The van der Waals surface area contributed by atoms with Crippen molar-refractivity contribution in [1.29, 1.82) is 0 Å². The molecule has 1 amide bonds. The molecule has 6 nitrogen and oxygen atoms in total. The predicted octanol–water partition coefficient (Wildman–Crippen LogP) is 2.28. The van der Waals surface area contributed by atoms with Crippen LogP contribution < -0.4 is 21.1 Å². The molecular formula is C18H23IN4O2. The fourth-order valence-electron chi connectivity index (χ4n) is 2.17. The SMILES string of the molecule is CN=C(NCc1ccc(OC)cc1)NCc1cccc(C(N)=O)c1.I. The summed E-state index contributed by atoms with van der Waals surface area (Å²) in [6.07, 6.45) is 0. The van der Waals surface area contributed by atoms with Crippen molar-refractivity contribution in [1.82, 2.24) is 10.6 Å². The maximum Gasteiger partial charge on any atom is 0.248 e. The largest absolute Gasteiger partial charge is 0.497 e. The van der Waals surface area contributed by atoms with Crippen LogP contribution in [0, 0.1) is 0 Å². The maximum absolute atomic E-state index is 11.2. The van der Waals surface area contributed by atoms with E-state index in [9.17, 15) is 4.79 Å². The predicted molar refractivity (Wildman–Crippen MR) is 110 cm³/mol. The molecule has 0 atom stereocenters. The van der Waals surface area contributed by atoms with Gasteiger partial charge in [0, 0.05) is 25.7 Å². The number of ether oxygens (including phenoxy) is 1. The molecule has 2 aromatic rings. The molecule has 0 radical (unpaired) electrons. The Balaban J connectivity index is 0.00000312. The van der Waals surface area contributed by atoms with E-state index < -0.39 is 5.91 Å². The van der Waals surface area contributed by atoms with Crippen molar-refractivity contribution in [2.45, 2.75) is 13.1 Å². The van der Waals surface area contributed by atoms with Crippen LogP contribution in [-0.2, 0) is 13.1 Å². The van der Waals surface area contributed by atoms with Crippen LogP contribution in [0.25, 0.3) is 0 Å². The Morgan fingerprint density at radius 3 is 2.28 bits per heavy atom. The normalized spacial score (nSPS) is 10.6. The molecule has 0 aliphatic carbocycles. The zero-order valence-electron chi connectivity index (χ0n) is 14.3. The first-order valence-corrected chi connectivity index (χ1v) is 7.58. The summed E-state index contributed by atoms with van der Waals surface area (Å²) in [6.45, 7) is 1.19. The number of carbonyl (C=O) groups is 1. The highest BCUT2D eigenvalue weighted by atomic mass is 127. The summed E-state index contributed by atoms with van der Waals surface area (Å²) in [6, 6.07) is 15.0. The fraction of sp³-hybridized carbons (Fsp3) is 0.222. The fourth-order valence-corrected chi connectivity index (χ4v) is 2.17. The van der Waals surface area contributed by atoms with Gasteiger partial charge in [0.1, 0.15) is 5.75 Å². The van der Waals surface area contributed by atoms with E-state index in [0.717, 1.165) is 16.9 Å². The lowest BCUT2D eigenvalue weighted by atomic mass is 10.1. The Morgan fingerprint density at radius 2 is 1.72 bits per heavy atom. The van der Waals surface area contributed by atoms with Gasteiger partial charge >= 0.3 is 0 Å². The molecule has 25 heavy (non-hydrogen) atoms. The molecule has 4 N–H and O–H groups in total. The number of aliphatic imine (C=N–C) groups is 1. The second kappa shape index (κ2) is 10.5. The molecule has 0 bridgehead atoms. The standard InChI is InChI=1S/C18H22N4O2.HI/c1-20-18(21-11-13-6-8-16(24-2)9-7-13)22-12-14-4-3-5-15(10-14)17(19)23;/h3-10H,11-12H2,1-2H3,(H2,19,23)(H2,20,21,22);1H. The van der Waals surface area contributed by atoms with Crippen LogP contribution in [0.1, 0.15) is 21.5 Å². The van der Waals surface area contributed by atoms with Crippen LogP contribution in [0.4, 0.5) is 0 Å². The third-order valence-electron chi connectivity index (χ3n) is 3.51. The van der Waals surface area contributed by atoms with Crippen LogP contribution in [0.5, 0.6) is 5.75 Å². The molecule has 2 rings (SSSR count). The Bertz CT molecular complexity index is 717. The maximum atomic E-state index is 11.2. The van der Waals surface area contributed by atoms with E-state index in [0.29, 0.717) is 24.6 Å². The highest BCUT2D eigenvalue weighted by Crippen LogP contribution is 2.11. The number of nitrogens with two attached hydrogens (primary N) is 1. The van der Waals surface area contributed by atoms with Gasteiger partial charge in [-0.2, -0.15) is 0 Å². The summed E-state index contributed by atoms with van der Waals surface area (Å²) in [5.74, 6) is 1.07. The summed E-state index contributed by atoms with van der Waals surface area (Å²) in [4.78, 5) is 15.4. The third-order valence-corrected chi connectivity index (χ3v) is 3.51. The Labute approximate surface area is 164 Å². The first-order chi connectivity index (χ1) is 11.6. The van der Waals surface area contributed by atoms with E-state index in [2.05, 4.69) is 15.6 Å². The summed E-state index contributed by atoms with van der Waals surface area (Å²) in [5.41, 5.74) is 7.87. The van der Waals surface area contributed by atoms with E-state index in [1.807, 2.05) is 36.4 Å². The molecular weight excluding hydrogens is 431 g/mol. The Kier molecular flexibility index (Phi) is 8.76. The second-order valence-corrected chi connectivity index (χ2v) is 5.19. The van der Waals surface area contributed by atoms with Crippen LogP contribution in [0.15, 0.2) is 53.5 Å². The number of guanidine groups is 1. The molecule has 0 unspecified atom stereocenters. The van der Waals surface area contributed by atoms with Crippen LogP contribution in [0.2, 0.25) is 0 Å². The van der Waals surface area contributed by atoms with E-state index in [1.54, 1.807) is 26.3 Å². The number of hydrogen-bond donors (Lipinski definition) is 3. The number of methoxy groups -OCH3 is 1. The van der Waals surface area contributed by atoms with E-state index in [4.69, 9.17) is 10.5 Å². The van der Waals surface area contributed by atoms with Gasteiger partial charge in [-0.15, -0.1) is 24.0 Å². The molecule has 0 saturated heterocycles. The smallest absolute Gasteiger partial charge is 0.248 e. The summed E-state index contributed by atoms with van der Waals surface area (Å²) in [7, 11) is 3.36. The van der Waals surface area contributed by atoms with E-state index in [1.165, 1.54) is 0 Å². The number of benzene rings is 2. The van der Waals surface area contributed by atoms with Crippen LogP contribution in [0.3, 0.4) is 0 Å². The van der Waals surface area contributed by atoms with E-state index in [-0.39, 0.29) is 24.0 Å². The van der Waals surface area contributed by atoms with Gasteiger partial charge in [0.05, 0.1) is 7.11 Å².